The van der Waals surface area contributed by atoms with Gasteiger partial charge in [0.1, 0.15) is 10.9 Å². The lowest BCUT2D eigenvalue weighted by molar-refractivity contribution is 0.102. The number of rotatable bonds is 4. The quantitative estimate of drug-likeness (QED) is 0.874. The van der Waals surface area contributed by atoms with E-state index in [4.69, 9.17) is 16.3 Å². The van der Waals surface area contributed by atoms with Gasteiger partial charge in [0, 0.05) is 5.56 Å². The van der Waals surface area contributed by atoms with Gasteiger partial charge in [-0.1, -0.05) is 11.6 Å². The van der Waals surface area contributed by atoms with E-state index in [0.717, 1.165) is 11.3 Å². The molecule has 0 bridgehead atoms. The molecule has 0 radical (unpaired) electrons. The normalized spacial score (nSPS) is 10.2. The average Bonchev–Trinajstić information content (AvgIpc) is 2.44. The van der Waals surface area contributed by atoms with Crippen molar-refractivity contribution >= 4 is 23.2 Å². The van der Waals surface area contributed by atoms with Crippen molar-refractivity contribution in [3.05, 3.63) is 52.8 Å². The van der Waals surface area contributed by atoms with Crippen LogP contribution in [-0.2, 0) is 0 Å². The Kier molecular flexibility index (Phi) is 4.58. The third-order valence-corrected chi connectivity index (χ3v) is 3.10. The number of carbonyl (C=O) groups excluding carboxylic acids is 1. The molecule has 0 fully saturated rings. The summed E-state index contributed by atoms with van der Waals surface area (Å²) in [5.74, 6) is 0.546. The van der Waals surface area contributed by atoms with E-state index >= 15 is 0 Å². The Labute approximate surface area is 122 Å². The third-order valence-electron chi connectivity index (χ3n) is 2.70. The number of pyridine rings is 1. The molecule has 0 saturated heterocycles. The maximum Gasteiger partial charge on any atom is 0.255 e. The van der Waals surface area contributed by atoms with Gasteiger partial charge in [-0.05, 0) is 49.7 Å². The summed E-state index contributed by atoms with van der Waals surface area (Å²) >= 11 is 5.84. The fraction of sp³-hybridized carbons (Fsp3) is 0.200. The van der Waals surface area contributed by atoms with Crippen LogP contribution in [0.15, 0.2) is 36.5 Å². The molecule has 0 atom stereocenters. The largest absolute Gasteiger partial charge is 0.494 e. The molecule has 0 spiro atoms. The number of amides is 1. The lowest BCUT2D eigenvalue weighted by Crippen LogP contribution is -2.12. The summed E-state index contributed by atoms with van der Waals surface area (Å²) in [6, 6.07) is 8.75. The first-order chi connectivity index (χ1) is 9.60. The van der Waals surface area contributed by atoms with E-state index in [0.29, 0.717) is 23.0 Å². The van der Waals surface area contributed by atoms with Gasteiger partial charge in [0.2, 0.25) is 0 Å². The maximum absolute atomic E-state index is 12.1. The molecule has 0 aliphatic heterocycles. The zero-order valence-corrected chi connectivity index (χ0v) is 12.1. The fourth-order valence-corrected chi connectivity index (χ4v) is 1.80. The molecule has 0 unspecified atom stereocenters. The SMILES string of the molecule is CCOc1ccc(C(=O)Nc2cnc(Cl)c(C)c2)cc1. The van der Waals surface area contributed by atoms with E-state index in [1.54, 1.807) is 30.3 Å². The van der Waals surface area contributed by atoms with E-state index in [-0.39, 0.29) is 5.91 Å². The zero-order chi connectivity index (χ0) is 14.5. The van der Waals surface area contributed by atoms with Crippen LogP contribution in [0.2, 0.25) is 5.15 Å². The second-order valence-corrected chi connectivity index (χ2v) is 4.60. The van der Waals surface area contributed by atoms with Crippen molar-refractivity contribution in [2.75, 3.05) is 11.9 Å². The molecule has 2 aromatic rings. The van der Waals surface area contributed by atoms with Crippen molar-refractivity contribution in [1.29, 1.82) is 0 Å². The summed E-state index contributed by atoms with van der Waals surface area (Å²) < 4.78 is 5.33. The number of ether oxygens (including phenoxy) is 1. The van der Waals surface area contributed by atoms with E-state index in [2.05, 4.69) is 10.3 Å². The van der Waals surface area contributed by atoms with Gasteiger partial charge in [-0.2, -0.15) is 0 Å². The molecule has 1 aromatic carbocycles. The standard InChI is InChI=1S/C15H15ClN2O2/c1-3-20-13-6-4-11(5-7-13)15(19)18-12-8-10(2)14(16)17-9-12/h4-9H,3H2,1-2H3,(H,18,19). The molecule has 1 heterocycles. The monoisotopic (exact) mass is 290 g/mol. The third kappa shape index (κ3) is 3.48. The van der Waals surface area contributed by atoms with Crippen molar-refractivity contribution in [3.8, 4) is 5.75 Å². The van der Waals surface area contributed by atoms with Crippen LogP contribution >= 0.6 is 11.6 Å². The van der Waals surface area contributed by atoms with Gasteiger partial charge in [0.05, 0.1) is 18.5 Å². The molecule has 5 heteroatoms. The highest BCUT2D eigenvalue weighted by Gasteiger charge is 2.07. The van der Waals surface area contributed by atoms with E-state index in [9.17, 15) is 4.79 Å². The minimum Gasteiger partial charge on any atom is -0.494 e. The summed E-state index contributed by atoms with van der Waals surface area (Å²) in [7, 11) is 0. The van der Waals surface area contributed by atoms with Crippen molar-refractivity contribution < 1.29 is 9.53 Å². The molecular weight excluding hydrogens is 276 g/mol. The number of hydrogen-bond donors (Lipinski definition) is 1. The van der Waals surface area contributed by atoms with Crippen LogP contribution in [0.3, 0.4) is 0 Å². The lowest BCUT2D eigenvalue weighted by Gasteiger charge is -2.07. The van der Waals surface area contributed by atoms with Crippen LogP contribution in [0, 0.1) is 6.92 Å². The van der Waals surface area contributed by atoms with Crippen molar-refractivity contribution in [3.63, 3.8) is 0 Å². The molecule has 1 aromatic heterocycles. The van der Waals surface area contributed by atoms with Crippen LogP contribution in [0.1, 0.15) is 22.8 Å². The maximum atomic E-state index is 12.1. The zero-order valence-electron chi connectivity index (χ0n) is 11.3. The molecule has 4 nitrogen and oxygen atoms in total. The van der Waals surface area contributed by atoms with Gasteiger partial charge in [0.25, 0.3) is 5.91 Å². The van der Waals surface area contributed by atoms with Gasteiger partial charge >= 0.3 is 0 Å². The van der Waals surface area contributed by atoms with Crippen LogP contribution in [0.5, 0.6) is 5.75 Å². The number of aryl methyl sites for hydroxylation is 1. The Morgan fingerprint density at radius 3 is 2.65 bits per heavy atom. The fourth-order valence-electron chi connectivity index (χ4n) is 1.70. The number of halogens is 1. The van der Waals surface area contributed by atoms with Crippen molar-refractivity contribution in [2.24, 2.45) is 0 Å². The van der Waals surface area contributed by atoms with Gasteiger partial charge in [0.15, 0.2) is 0 Å². The van der Waals surface area contributed by atoms with Gasteiger partial charge in [-0.15, -0.1) is 0 Å². The lowest BCUT2D eigenvalue weighted by atomic mass is 10.2. The highest BCUT2D eigenvalue weighted by atomic mass is 35.5. The number of benzene rings is 1. The number of nitrogens with zero attached hydrogens (tertiary/aromatic N) is 1. The van der Waals surface area contributed by atoms with Crippen molar-refractivity contribution in [1.82, 2.24) is 4.98 Å². The molecular formula is C15H15ClN2O2. The molecule has 0 aliphatic rings. The topological polar surface area (TPSA) is 51.2 Å². The Morgan fingerprint density at radius 1 is 1.35 bits per heavy atom. The number of hydrogen-bond acceptors (Lipinski definition) is 3. The van der Waals surface area contributed by atoms with E-state index < -0.39 is 0 Å². The first-order valence-electron chi connectivity index (χ1n) is 6.26. The van der Waals surface area contributed by atoms with Crippen LogP contribution in [0.25, 0.3) is 0 Å². The average molecular weight is 291 g/mol. The van der Waals surface area contributed by atoms with Crippen molar-refractivity contribution in [2.45, 2.75) is 13.8 Å². The van der Waals surface area contributed by atoms with Crippen LogP contribution in [0.4, 0.5) is 5.69 Å². The molecule has 2 rings (SSSR count). The molecule has 1 N–H and O–H groups in total. The second-order valence-electron chi connectivity index (χ2n) is 4.24. The summed E-state index contributed by atoms with van der Waals surface area (Å²) in [6.07, 6.45) is 1.53. The van der Waals surface area contributed by atoms with Gasteiger partial charge in [-0.25, -0.2) is 4.98 Å². The molecule has 20 heavy (non-hydrogen) atoms. The predicted octanol–water partition coefficient (Wildman–Crippen LogP) is 3.69. The highest BCUT2D eigenvalue weighted by Crippen LogP contribution is 2.17. The minimum absolute atomic E-state index is 0.198. The van der Waals surface area contributed by atoms with E-state index in [1.807, 2.05) is 13.8 Å². The summed E-state index contributed by atoms with van der Waals surface area (Å²) in [4.78, 5) is 16.1. The first kappa shape index (κ1) is 14.3. The smallest absolute Gasteiger partial charge is 0.255 e. The van der Waals surface area contributed by atoms with Gasteiger partial charge < -0.3 is 10.1 Å². The number of carbonyl (C=O) groups is 1. The summed E-state index contributed by atoms with van der Waals surface area (Å²) in [5.41, 5.74) is 1.99. The predicted molar refractivity (Wildman–Crippen MR) is 79.5 cm³/mol. The van der Waals surface area contributed by atoms with Gasteiger partial charge in [-0.3, -0.25) is 4.79 Å². The Balaban J connectivity index is 2.09. The minimum atomic E-state index is -0.198. The number of anilines is 1. The van der Waals surface area contributed by atoms with E-state index in [1.165, 1.54) is 6.20 Å². The first-order valence-corrected chi connectivity index (χ1v) is 6.64. The summed E-state index contributed by atoms with van der Waals surface area (Å²) in [5, 5.41) is 3.21. The molecule has 1 amide bonds. The number of nitrogens with one attached hydrogen (secondary N) is 1. The van der Waals surface area contributed by atoms with Crippen LogP contribution in [-0.4, -0.2) is 17.5 Å². The Morgan fingerprint density at radius 2 is 2.05 bits per heavy atom. The number of aromatic nitrogens is 1. The Hall–Kier alpha value is -2.07. The summed E-state index contributed by atoms with van der Waals surface area (Å²) in [6.45, 7) is 4.35. The highest BCUT2D eigenvalue weighted by molar-refractivity contribution is 6.30. The second kappa shape index (κ2) is 6.39. The Bertz CT molecular complexity index is 612. The molecule has 104 valence electrons. The molecule has 0 saturated carbocycles. The van der Waals surface area contributed by atoms with Crippen LogP contribution < -0.4 is 10.1 Å². The molecule has 0 aliphatic carbocycles.